The van der Waals surface area contributed by atoms with E-state index in [0.717, 1.165) is 15.3 Å². The van der Waals surface area contributed by atoms with Gasteiger partial charge in [0.15, 0.2) is 0 Å². The van der Waals surface area contributed by atoms with Gasteiger partial charge < -0.3 is 10.6 Å². The van der Waals surface area contributed by atoms with Gasteiger partial charge in [-0.1, -0.05) is 43.3 Å². The highest BCUT2D eigenvalue weighted by atomic mass is 32.2. The zero-order chi connectivity index (χ0) is 22.2. The number of carbonyl (C=O) groups is 2. The van der Waals surface area contributed by atoms with E-state index in [4.69, 9.17) is 0 Å². The van der Waals surface area contributed by atoms with Gasteiger partial charge in [-0.05, 0) is 42.1 Å². The number of sulfonamides is 1. The summed E-state index contributed by atoms with van der Waals surface area (Å²) in [6.07, 6.45) is 0.394. The number of carbonyl (C=O) groups excluding carboxylic acids is 2. The Morgan fingerprint density at radius 2 is 1.65 bits per heavy atom. The van der Waals surface area contributed by atoms with Gasteiger partial charge in [0.05, 0.1) is 16.6 Å². The molecule has 2 N–H and O–H groups in total. The lowest BCUT2D eigenvalue weighted by molar-refractivity contribution is -0.120. The second kappa shape index (κ2) is 8.03. The molecule has 0 fully saturated rings. The Morgan fingerprint density at radius 3 is 2.32 bits per heavy atom. The molecule has 3 aromatic rings. The Kier molecular flexibility index (Phi) is 5.41. The van der Waals surface area contributed by atoms with E-state index in [1.807, 2.05) is 31.2 Å². The lowest BCUT2D eigenvalue weighted by Crippen LogP contribution is -2.39. The molecule has 3 aromatic carbocycles. The number of hydrogen-bond acceptors (Lipinski definition) is 4. The third kappa shape index (κ3) is 3.86. The lowest BCUT2D eigenvalue weighted by Gasteiger charge is -2.20. The van der Waals surface area contributed by atoms with Crippen molar-refractivity contribution in [1.29, 1.82) is 0 Å². The largest absolute Gasteiger partial charge is 0.348 e. The van der Waals surface area contributed by atoms with Gasteiger partial charge in [-0.15, -0.1) is 0 Å². The Hall–Kier alpha value is -3.39. The summed E-state index contributed by atoms with van der Waals surface area (Å²) in [7, 11) is -3.78. The number of nitrogens with zero attached hydrogens (tertiary/aromatic N) is 1. The van der Waals surface area contributed by atoms with E-state index in [0.29, 0.717) is 23.2 Å². The fourth-order valence-electron chi connectivity index (χ4n) is 3.73. The number of amides is 2. The van der Waals surface area contributed by atoms with Crippen molar-refractivity contribution in [1.82, 2.24) is 5.32 Å². The molecule has 0 radical (unpaired) electrons. The van der Waals surface area contributed by atoms with Gasteiger partial charge >= 0.3 is 0 Å². The average molecular weight is 438 g/mol. The molecule has 4 rings (SSSR count). The van der Waals surface area contributed by atoms with Crippen LogP contribution in [-0.2, 0) is 19.6 Å². The van der Waals surface area contributed by atoms with E-state index >= 15 is 0 Å². The van der Waals surface area contributed by atoms with Crippen molar-refractivity contribution in [2.45, 2.75) is 31.2 Å². The summed E-state index contributed by atoms with van der Waals surface area (Å²) in [6.45, 7) is 3.30. The van der Waals surface area contributed by atoms with Crippen LogP contribution in [0.2, 0.25) is 0 Å². The van der Waals surface area contributed by atoms with E-state index in [2.05, 4.69) is 10.6 Å². The van der Waals surface area contributed by atoms with Crippen LogP contribution in [0.4, 0.5) is 11.4 Å². The molecule has 0 saturated carbocycles. The zero-order valence-electron chi connectivity index (χ0n) is 17.3. The Bertz CT molecular complexity index is 1260. The molecule has 0 bridgehead atoms. The first kappa shape index (κ1) is 20.9. The zero-order valence-corrected chi connectivity index (χ0v) is 18.1. The van der Waals surface area contributed by atoms with Gasteiger partial charge in [0.25, 0.3) is 10.0 Å². The highest BCUT2D eigenvalue weighted by Crippen LogP contribution is 2.41. The molecule has 160 valence electrons. The van der Waals surface area contributed by atoms with Crippen molar-refractivity contribution in [2.24, 2.45) is 0 Å². The quantitative estimate of drug-likeness (QED) is 0.616. The first-order valence-electron chi connectivity index (χ1n) is 10.0. The van der Waals surface area contributed by atoms with Crippen LogP contribution in [0.5, 0.6) is 0 Å². The predicted molar refractivity (Wildman–Crippen MR) is 120 cm³/mol. The topological polar surface area (TPSA) is 95.6 Å². The fourth-order valence-corrected chi connectivity index (χ4v) is 5.40. The number of hydrogen-bond donors (Lipinski definition) is 2. The summed E-state index contributed by atoms with van der Waals surface area (Å²) in [5.74, 6) is -0.471. The maximum absolute atomic E-state index is 13.0. The Morgan fingerprint density at radius 1 is 0.968 bits per heavy atom. The molecule has 31 heavy (non-hydrogen) atoms. The Balaban J connectivity index is 1.48. The molecule has 0 saturated heterocycles. The molecule has 1 heterocycles. The van der Waals surface area contributed by atoms with E-state index in [1.165, 1.54) is 0 Å². The molecule has 1 aliphatic rings. The lowest BCUT2D eigenvalue weighted by atomic mass is 10.1. The minimum atomic E-state index is -3.78. The van der Waals surface area contributed by atoms with E-state index in [-0.39, 0.29) is 23.4 Å². The molecule has 0 aliphatic carbocycles. The molecule has 1 atom stereocenters. The smallest absolute Gasteiger partial charge is 0.265 e. The second-order valence-corrected chi connectivity index (χ2v) is 9.29. The highest BCUT2D eigenvalue weighted by molar-refractivity contribution is 7.93. The van der Waals surface area contributed by atoms with Crippen LogP contribution in [0.25, 0.3) is 10.8 Å². The third-order valence-electron chi connectivity index (χ3n) is 5.36. The molecule has 7 nitrogen and oxygen atoms in total. The van der Waals surface area contributed by atoms with Crippen molar-refractivity contribution in [3.63, 3.8) is 0 Å². The van der Waals surface area contributed by atoms with E-state index in [1.54, 1.807) is 43.3 Å². The van der Waals surface area contributed by atoms with Crippen molar-refractivity contribution in [3.8, 4) is 0 Å². The van der Waals surface area contributed by atoms with E-state index in [9.17, 15) is 18.0 Å². The summed E-state index contributed by atoms with van der Waals surface area (Å²) in [5.41, 5.74) is 2.05. The third-order valence-corrected chi connectivity index (χ3v) is 7.16. The summed E-state index contributed by atoms with van der Waals surface area (Å²) in [6, 6.07) is 17.3. The van der Waals surface area contributed by atoms with Gasteiger partial charge in [-0.3, -0.25) is 13.9 Å². The Labute approximate surface area is 181 Å². The predicted octanol–water partition coefficient (Wildman–Crippen LogP) is 3.57. The first-order valence-corrected chi connectivity index (χ1v) is 11.5. The summed E-state index contributed by atoms with van der Waals surface area (Å²) in [5, 5.41) is 7.11. The minimum absolute atomic E-state index is 0.0723. The molecule has 8 heteroatoms. The van der Waals surface area contributed by atoms with Gasteiger partial charge in [0.1, 0.15) is 6.54 Å². The first-order chi connectivity index (χ1) is 14.8. The van der Waals surface area contributed by atoms with Crippen LogP contribution >= 0.6 is 0 Å². The normalized spacial score (nSPS) is 15.0. The SMILES string of the molecule is CCC(=O)Nc1ccc(C(C)NC(=O)CN2c3cccc4cccc(c34)S2(=O)=O)cc1. The monoisotopic (exact) mass is 437 g/mol. The van der Waals surface area contributed by atoms with Crippen LogP contribution < -0.4 is 14.9 Å². The number of benzene rings is 3. The number of anilines is 2. The van der Waals surface area contributed by atoms with Crippen LogP contribution in [0.1, 0.15) is 31.9 Å². The van der Waals surface area contributed by atoms with Crippen molar-refractivity contribution >= 4 is 44.0 Å². The van der Waals surface area contributed by atoms with Crippen molar-refractivity contribution in [3.05, 3.63) is 66.2 Å². The molecule has 0 spiro atoms. The van der Waals surface area contributed by atoms with Crippen LogP contribution in [0, 0.1) is 0 Å². The molecule has 1 aliphatic heterocycles. The second-order valence-electron chi connectivity index (χ2n) is 7.46. The number of rotatable bonds is 6. The number of nitrogens with one attached hydrogen (secondary N) is 2. The van der Waals surface area contributed by atoms with Gasteiger partial charge in [-0.2, -0.15) is 0 Å². The molecular weight excluding hydrogens is 414 g/mol. The van der Waals surface area contributed by atoms with E-state index < -0.39 is 15.9 Å². The standard InChI is InChI=1S/C23H23N3O4S/c1-3-21(27)25-18-12-10-16(11-13-18)15(2)24-22(28)14-26-19-8-4-6-17-7-5-9-20(23(17)19)31(26,29)30/h4-13,15H,3,14H2,1-2H3,(H,24,28)(H,25,27). The van der Waals surface area contributed by atoms with Gasteiger partial charge in [0, 0.05) is 17.5 Å². The molecule has 2 amide bonds. The highest BCUT2D eigenvalue weighted by Gasteiger charge is 2.36. The van der Waals surface area contributed by atoms with Crippen LogP contribution in [-0.4, -0.2) is 26.8 Å². The summed E-state index contributed by atoms with van der Waals surface area (Å²) in [4.78, 5) is 24.4. The molecule has 0 aromatic heterocycles. The summed E-state index contributed by atoms with van der Waals surface area (Å²) < 4.78 is 27.2. The van der Waals surface area contributed by atoms with Gasteiger partial charge in [0.2, 0.25) is 11.8 Å². The minimum Gasteiger partial charge on any atom is -0.348 e. The van der Waals surface area contributed by atoms with Crippen LogP contribution in [0.3, 0.4) is 0 Å². The van der Waals surface area contributed by atoms with Crippen molar-refractivity contribution < 1.29 is 18.0 Å². The van der Waals surface area contributed by atoms with Gasteiger partial charge in [-0.25, -0.2) is 8.42 Å². The van der Waals surface area contributed by atoms with Crippen molar-refractivity contribution in [2.75, 3.05) is 16.2 Å². The summed E-state index contributed by atoms with van der Waals surface area (Å²) >= 11 is 0. The maximum Gasteiger partial charge on any atom is 0.265 e. The molecular formula is C23H23N3O4S. The fraction of sp³-hybridized carbons (Fsp3) is 0.217. The molecule has 1 unspecified atom stereocenters. The van der Waals surface area contributed by atoms with Crippen LogP contribution in [0.15, 0.2) is 65.6 Å². The maximum atomic E-state index is 13.0. The average Bonchev–Trinajstić information content (AvgIpc) is 2.97.